The molecule has 0 aromatic heterocycles. The van der Waals surface area contributed by atoms with Gasteiger partial charge in [-0.3, -0.25) is 4.90 Å². The van der Waals surface area contributed by atoms with Crippen LogP contribution in [-0.4, -0.2) is 35.2 Å². The fourth-order valence-corrected chi connectivity index (χ4v) is 3.74. The third-order valence-corrected chi connectivity index (χ3v) is 4.89. The molecule has 3 nitrogen and oxygen atoms in total. The second kappa shape index (κ2) is 6.54. The molecule has 0 aliphatic heterocycles. The lowest BCUT2D eigenvalue weighted by Gasteiger charge is -2.41. The lowest BCUT2D eigenvalue weighted by atomic mass is 9.87. The molecule has 1 N–H and O–H groups in total. The van der Waals surface area contributed by atoms with Crippen molar-refractivity contribution in [3.05, 3.63) is 0 Å². The van der Waals surface area contributed by atoms with Crippen molar-refractivity contribution < 1.29 is 5.11 Å². The molecule has 0 amide bonds. The molecule has 2 fully saturated rings. The van der Waals surface area contributed by atoms with Crippen molar-refractivity contribution in [2.45, 2.75) is 76.0 Å². The Kier molecular flexibility index (Phi) is 5.03. The quantitative estimate of drug-likeness (QED) is 0.767. The van der Waals surface area contributed by atoms with Crippen LogP contribution in [0.4, 0.5) is 0 Å². The van der Waals surface area contributed by atoms with Gasteiger partial charge in [-0.25, -0.2) is 0 Å². The largest absolute Gasteiger partial charge is 0.391 e. The summed E-state index contributed by atoms with van der Waals surface area (Å²) in [6, 6.07) is 3.14. The molecule has 0 aromatic carbocycles. The maximum absolute atomic E-state index is 10.2. The topological polar surface area (TPSA) is 47.3 Å². The van der Waals surface area contributed by atoms with Gasteiger partial charge in [0.1, 0.15) is 0 Å². The summed E-state index contributed by atoms with van der Waals surface area (Å²) in [7, 11) is 2.12. The zero-order valence-electron chi connectivity index (χ0n) is 11.5. The van der Waals surface area contributed by atoms with Crippen molar-refractivity contribution in [3.63, 3.8) is 0 Å². The molecule has 0 radical (unpaired) electrons. The van der Waals surface area contributed by atoms with Crippen LogP contribution in [-0.2, 0) is 0 Å². The summed E-state index contributed by atoms with van der Waals surface area (Å²) >= 11 is 0. The highest BCUT2D eigenvalue weighted by Gasteiger charge is 2.34. The minimum atomic E-state index is -0.189. The van der Waals surface area contributed by atoms with Crippen LogP contribution in [0.1, 0.15) is 57.8 Å². The van der Waals surface area contributed by atoms with Crippen molar-refractivity contribution in [1.82, 2.24) is 4.90 Å². The van der Waals surface area contributed by atoms with E-state index >= 15 is 0 Å². The Labute approximate surface area is 111 Å². The van der Waals surface area contributed by atoms with E-state index in [0.717, 1.165) is 32.1 Å². The Hall–Kier alpha value is -0.590. The van der Waals surface area contributed by atoms with E-state index in [1.807, 2.05) is 0 Å². The van der Waals surface area contributed by atoms with E-state index in [1.165, 1.54) is 25.7 Å². The minimum Gasteiger partial charge on any atom is -0.391 e. The Morgan fingerprint density at radius 1 is 0.944 bits per heavy atom. The summed E-state index contributed by atoms with van der Waals surface area (Å²) in [5.74, 6) is 0.159. The second-order valence-corrected chi connectivity index (χ2v) is 6.03. The van der Waals surface area contributed by atoms with E-state index in [9.17, 15) is 10.4 Å². The Bertz CT molecular complexity index is 299. The third kappa shape index (κ3) is 3.05. The number of nitriles is 1. The molecule has 102 valence electrons. The maximum atomic E-state index is 10.2. The van der Waals surface area contributed by atoms with Gasteiger partial charge in [-0.1, -0.05) is 32.1 Å². The van der Waals surface area contributed by atoms with E-state index in [-0.39, 0.29) is 18.1 Å². The van der Waals surface area contributed by atoms with Crippen LogP contribution >= 0.6 is 0 Å². The summed E-state index contributed by atoms with van der Waals surface area (Å²) < 4.78 is 0. The number of likely N-dealkylation sites (N-methyl/N-ethyl adjacent to an activating group) is 1. The van der Waals surface area contributed by atoms with E-state index in [1.54, 1.807) is 0 Å². The molecule has 0 aromatic rings. The van der Waals surface area contributed by atoms with E-state index in [4.69, 9.17) is 0 Å². The molecular weight excluding hydrogens is 224 g/mol. The maximum Gasteiger partial charge on any atom is 0.0695 e. The molecule has 18 heavy (non-hydrogen) atoms. The van der Waals surface area contributed by atoms with E-state index < -0.39 is 0 Å². The van der Waals surface area contributed by atoms with Crippen molar-refractivity contribution in [1.29, 1.82) is 5.26 Å². The van der Waals surface area contributed by atoms with Gasteiger partial charge in [-0.05, 0) is 32.7 Å². The van der Waals surface area contributed by atoms with Gasteiger partial charge < -0.3 is 5.11 Å². The highest BCUT2D eigenvalue weighted by molar-refractivity contribution is 4.97. The van der Waals surface area contributed by atoms with Crippen molar-refractivity contribution in [3.8, 4) is 6.07 Å². The van der Waals surface area contributed by atoms with Gasteiger partial charge in [0, 0.05) is 12.1 Å². The SMILES string of the molecule is CN(C1CCCCC1O)C1CCCCCC1C#N. The number of aliphatic hydroxyl groups excluding tert-OH is 1. The number of hydrogen-bond acceptors (Lipinski definition) is 3. The first-order valence-electron chi connectivity index (χ1n) is 7.53. The van der Waals surface area contributed by atoms with Crippen LogP contribution in [0.15, 0.2) is 0 Å². The molecule has 0 saturated heterocycles. The predicted octanol–water partition coefficient (Wildman–Crippen LogP) is 2.69. The van der Waals surface area contributed by atoms with Crippen LogP contribution < -0.4 is 0 Å². The second-order valence-electron chi connectivity index (χ2n) is 6.03. The van der Waals surface area contributed by atoms with Crippen molar-refractivity contribution >= 4 is 0 Å². The standard InChI is InChI=1S/C15H26N2O/c1-17(14-9-5-6-10-15(14)18)13-8-4-2-3-7-12(13)11-16/h12-15,18H,2-10H2,1H3. The van der Waals surface area contributed by atoms with Crippen LogP contribution in [0.3, 0.4) is 0 Å². The molecule has 4 unspecified atom stereocenters. The number of nitrogens with zero attached hydrogens (tertiary/aromatic N) is 2. The first-order valence-corrected chi connectivity index (χ1v) is 7.53. The molecule has 2 aliphatic rings. The number of aliphatic hydroxyl groups is 1. The highest BCUT2D eigenvalue weighted by atomic mass is 16.3. The molecule has 0 heterocycles. The minimum absolute atomic E-state index is 0.159. The normalized spacial score (nSPS) is 38.1. The van der Waals surface area contributed by atoms with Gasteiger partial charge in [0.05, 0.1) is 18.1 Å². The monoisotopic (exact) mass is 250 g/mol. The number of rotatable bonds is 2. The summed E-state index contributed by atoms with van der Waals surface area (Å²) in [6.07, 6.45) is 10.0. The average molecular weight is 250 g/mol. The molecular formula is C15H26N2O. The lowest BCUT2D eigenvalue weighted by Crippen LogP contribution is -2.50. The van der Waals surface area contributed by atoms with Crippen LogP contribution in [0.5, 0.6) is 0 Å². The Morgan fingerprint density at radius 2 is 1.56 bits per heavy atom. The molecule has 3 heteroatoms. The number of hydrogen-bond donors (Lipinski definition) is 1. The van der Waals surface area contributed by atoms with Gasteiger partial charge in [0.2, 0.25) is 0 Å². The first-order chi connectivity index (χ1) is 8.74. The lowest BCUT2D eigenvalue weighted by molar-refractivity contribution is 0.00314. The first kappa shape index (κ1) is 13.8. The molecule has 2 saturated carbocycles. The summed E-state index contributed by atoms with van der Waals surface area (Å²) in [5.41, 5.74) is 0. The van der Waals surface area contributed by atoms with Crippen LogP contribution in [0.25, 0.3) is 0 Å². The van der Waals surface area contributed by atoms with Crippen LogP contribution in [0.2, 0.25) is 0 Å². The summed E-state index contributed by atoms with van der Waals surface area (Å²) in [5, 5.41) is 19.5. The molecule has 4 atom stereocenters. The van der Waals surface area contributed by atoms with Crippen LogP contribution in [0, 0.1) is 17.2 Å². The van der Waals surface area contributed by atoms with Gasteiger partial charge >= 0.3 is 0 Å². The smallest absolute Gasteiger partial charge is 0.0695 e. The fourth-order valence-electron chi connectivity index (χ4n) is 3.74. The zero-order valence-corrected chi connectivity index (χ0v) is 11.5. The zero-order chi connectivity index (χ0) is 13.0. The third-order valence-electron chi connectivity index (χ3n) is 4.89. The average Bonchev–Trinajstić information content (AvgIpc) is 2.63. The molecule has 2 rings (SSSR count). The molecule has 0 spiro atoms. The van der Waals surface area contributed by atoms with Gasteiger partial charge in [0.15, 0.2) is 0 Å². The van der Waals surface area contributed by atoms with Crippen molar-refractivity contribution in [2.75, 3.05) is 7.05 Å². The van der Waals surface area contributed by atoms with Gasteiger partial charge in [-0.15, -0.1) is 0 Å². The van der Waals surface area contributed by atoms with Gasteiger partial charge in [-0.2, -0.15) is 5.26 Å². The van der Waals surface area contributed by atoms with E-state index in [0.29, 0.717) is 6.04 Å². The van der Waals surface area contributed by atoms with E-state index in [2.05, 4.69) is 18.0 Å². The summed E-state index contributed by atoms with van der Waals surface area (Å²) in [4.78, 5) is 2.34. The van der Waals surface area contributed by atoms with Gasteiger partial charge in [0.25, 0.3) is 0 Å². The fraction of sp³-hybridized carbons (Fsp3) is 0.933. The molecule has 2 aliphatic carbocycles. The predicted molar refractivity (Wildman–Crippen MR) is 72.0 cm³/mol. The molecule has 0 bridgehead atoms. The summed E-state index contributed by atoms with van der Waals surface area (Å²) in [6.45, 7) is 0. The highest BCUT2D eigenvalue weighted by Crippen LogP contribution is 2.31. The Balaban J connectivity index is 2.04. The van der Waals surface area contributed by atoms with Crippen molar-refractivity contribution in [2.24, 2.45) is 5.92 Å². The Morgan fingerprint density at radius 3 is 2.28 bits per heavy atom.